The van der Waals surface area contributed by atoms with Crippen molar-refractivity contribution in [2.24, 2.45) is 20.7 Å². The summed E-state index contributed by atoms with van der Waals surface area (Å²) in [6.45, 7) is -0.228. The van der Waals surface area contributed by atoms with Crippen molar-refractivity contribution in [1.29, 1.82) is 0 Å². The molecule has 0 bridgehead atoms. The molecule has 3 aliphatic rings. The minimum atomic E-state index is -1.20. The molecule has 1 fully saturated rings. The second-order valence-electron chi connectivity index (χ2n) is 7.32. The zero-order chi connectivity index (χ0) is 20.8. The standard InChI is InChI=1S/C18H23IN6O4/c19-10-5-9(1-2-11(10)20)3-4-18(21)15-16(22-7-24-18)25(8-23-15)17-14(28)13(27)12(6-26)29-17/h1-2,5,7,12-14,17,26-28H,3-4,6,8,20-21H2/t12-,13-,14-,17-,18?/m1/s1. The molecule has 156 valence electrons. The summed E-state index contributed by atoms with van der Waals surface area (Å²) in [5.41, 5.74) is 13.7. The normalized spacial score (nSPS) is 33.6. The molecule has 0 amide bonds. The van der Waals surface area contributed by atoms with Gasteiger partial charge in [0, 0.05) is 9.26 Å². The summed E-state index contributed by atoms with van der Waals surface area (Å²) in [7, 11) is 0. The van der Waals surface area contributed by atoms with Gasteiger partial charge in [0.2, 0.25) is 0 Å². The number of aliphatic hydroxyl groups excluding tert-OH is 3. The predicted octanol–water partition coefficient (Wildman–Crippen LogP) is -0.945. The molecule has 29 heavy (non-hydrogen) atoms. The number of aliphatic imine (C=N–C) groups is 3. The summed E-state index contributed by atoms with van der Waals surface area (Å²) in [5, 5.41) is 29.7. The highest BCUT2D eigenvalue weighted by Crippen LogP contribution is 2.30. The second kappa shape index (κ2) is 7.89. The molecule has 10 nitrogen and oxygen atoms in total. The van der Waals surface area contributed by atoms with E-state index in [1.165, 1.54) is 6.34 Å². The molecular formula is C18H23IN6O4. The molecule has 1 aromatic carbocycles. The quantitative estimate of drug-likeness (QED) is 0.250. The molecule has 11 heteroatoms. The first-order chi connectivity index (χ1) is 13.8. The van der Waals surface area contributed by atoms with Crippen LogP contribution in [-0.2, 0) is 11.2 Å². The van der Waals surface area contributed by atoms with Crippen molar-refractivity contribution in [2.45, 2.75) is 43.0 Å². The van der Waals surface area contributed by atoms with Gasteiger partial charge in [-0.2, -0.15) is 0 Å². The molecule has 0 radical (unpaired) electrons. The fourth-order valence-electron chi connectivity index (χ4n) is 3.72. The third-order valence-corrected chi connectivity index (χ3v) is 6.36. The van der Waals surface area contributed by atoms with Gasteiger partial charge in [-0.15, -0.1) is 0 Å². The Labute approximate surface area is 181 Å². The van der Waals surface area contributed by atoms with Crippen molar-refractivity contribution >= 4 is 46.2 Å². The molecule has 0 aromatic heterocycles. The summed E-state index contributed by atoms with van der Waals surface area (Å²) in [6.07, 6.45) is -1.57. The third kappa shape index (κ3) is 3.66. The van der Waals surface area contributed by atoms with Crippen LogP contribution in [-0.4, -0.2) is 81.6 Å². The van der Waals surface area contributed by atoms with Crippen molar-refractivity contribution < 1.29 is 20.1 Å². The first kappa shape index (κ1) is 20.6. The van der Waals surface area contributed by atoms with E-state index in [4.69, 9.17) is 16.2 Å². The molecule has 0 saturated carbocycles. The topological polar surface area (TPSA) is 162 Å². The van der Waals surface area contributed by atoms with Crippen LogP contribution in [0.1, 0.15) is 12.0 Å². The fourth-order valence-corrected chi connectivity index (χ4v) is 4.30. The van der Waals surface area contributed by atoms with Crippen molar-refractivity contribution in [2.75, 3.05) is 19.0 Å². The largest absolute Gasteiger partial charge is 0.398 e. The molecule has 1 unspecified atom stereocenters. The maximum absolute atomic E-state index is 10.3. The number of rotatable bonds is 5. The van der Waals surface area contributed by atoms with Gasteiger partial charge in [-0.1, -0.05) is 6.07 Å². The number of benzene rings is 1. The zero-order valence-electron chi connectivity index (χ0n) is 15.5. The fraction of sp³-hybridized carbons (Fsp3) is 0.500. The Bertz CT molecular complexity index is 893. The summed E-state index contributed by atoms with van der Waals surface area (Å²) in [5.74, 6) is 0.462. The predicted molar refractivity (Wildman–Crippen MR) is 117 cm³/mol. The van der Waals surface area contributed by atoms with Crippen molar-refractivity contribution in [3.8, 4) is 0 Å². The lowest BCUT2D eigenvalue weighted by molar-refractivity contribution is -0.0688. The third-order valence-electron chi connectivity index (χ3n) is 5.43. The van der Waals surface area contributed by atoms with Gasteiger partial charge < -0.3 is 36.4 Å². The van der Waals surface area contributed by atoms with Crippen molar-refractivity contribution in [3.63, 3.8) is 0 Å². The number of nitrogen functional groups attached to an aromatic ring is 1. The number of fused-ring (bicyclic) bond motifs is 1. The van der Waals surface area contributed by atoms with Gasteiger partial charge in [0.1, 0.15) is 37.0 Å². The maximum atomic E-state index is 10.3. The Morgan fingerprint density at radius 1 is 1.31 bits per heavy atom. The van der Waals surface area contributed by atoms with E-state index in [1.54, 1.807) is 4.90 Å². The van der Waals surface area contributed by atoms with Crippen LogP contribution in [0.25, 0.3) is 0 Å². The number of aliphatic hydroxyl groups is 3. The van der Waals surface area contributed by atoms with E-state index in [1.807, 2.05) is 18.2 Å². The first-order valence-electron chi connectivity index (χ1n) is 9.23. The lowest BCUT2D eigenvalue weighted by atomic mass is 9.94. The monoisotopic (exact) mass is 514 g/mol. The van der Waals surface area contributed by atoms with E-state index in [0.717, 1.165) is 14.8 Å². The van der Waals surface area contributed by atoms with Gasteiger partial charge in [-0.25, -0.2) is 9.98 Å². The lowest BCUT2D eigenvalue weighted by Gasteiger charge is -2.32. The Morgan fingerprint density at radius 3 is 2.79 bits per heavy atom. The SMILES string of the molecule is Nc1ccc(CCC2(N)N=CN=C3C2=NCN3[C@@H]2O[C@H](CO)[C@@H](O)[C@H]2O)cc1I. The molecule has 3 heterocycles. The molecule has 5 atom stereocenters. The number of hydrogen-bond acceptors (Lipinski definition) is 10. The molecule has 0 spiro atoms. The number of hydrogen-bond donors (Lipinski definition) is 5. The maximum Gasteiger partial charge on any atom is 0.162 e. The van der Waals surface area contributed by atoms with Crippen LogP contribution in [0.4, 0.5) is 5.69 Å². The van der Waals surface area contributed by atoms with Crippen LogP contribution >= 0.6 is 22.6 Å². The highest BCUT2D eigenvalue weighted by atomic mass is 127. The summed E-state index contributed by atoms with van der Waals surface area (Å²) in [4.78, 5) is 14.8. The number of aryl methyl sites for hydroxylation is 1. The van der Waals surface area contributed by atoms with Crippen LogP contribution in [0.2, 0.25) is 0 Å². The molecule has 4 rings (SSSR count). The van der Waals surface area contributed by atoms with Crippen molar-refractivity contribution in [3.05, 3.63) is 27.3 Å². The Kier molecular flexibility index (Phi) is 5.61. The summed E-state index contributed by atoms with van der Waals surface area (Å²) in [6, 6.07) is 5.85. The van der Waals surface area contributed by atoms with E-state index in [2.05, 4.69) is 37.6 Å². The van der Waals surface area contributed by atoms with Crippen molar-refractivity contribution in [1.82, 2.24) is 4.90 Å². The van der Waals surface area contributed by atoms with Gasteiger partial charge in [0.05, 0.1) is 6.61 Å². The van der Waals surface area contributed by atoms with E-state index < -0.39 is 36.8 Å². The van der Waals surface area contributed by atoms with Crippen LogP contribution in [0.15, 0.2) is 33.2 Å². The number of anilines is 1. The van der Waals surface area contributed by atoms with Crippen LogP contribution in [0.5, 0.6) is 0 Å². The summed E-state index contributed by atoms with van der Waals surface area (Å²) < 4.78 is 6.59. The lowest BCUT2D eigenvalue weighted by Crippen LogP contribution is -2.55. The smallest absolute Gasteiger partial charge is 0.162 e. The number of amidine groups is 1. The molecule has 1 aromatic rings. The van der Waals surface area contributed by atoms with Gasteiger partial charge in [-0.3, -0.25) is 4.99 Å². The first-order valence-corrected chi connectivity index (χ1v) is 10.3. The van der Waals surface area contributed by atoms with E-state index in [-0.39, 0.29) is 6.67 Å². The molecule has 1 saturated heterocycles. The number of nitrogens with zero attached hydrogens (tertiary/aromatic N) is 4. The zero-order valence-corrected chi connectivity index (χ0v) is 17.7. The van der Waals surface area contributed by atoms with Gasteiger partial charge >= 0.3 is 0 Å². The highest BCUT2D eigenvalue weighted by molar-refractivity contribution is 14.1. The van der Waals surface area contributed by atoms with E-state index in [9.17, 15) is 15.3 Å². The molecular weight excluding hydrogens is 491 g/mol. The molecule has 3 aliphatic heterocycles. The van der Waals surface area contributed by atoms with Gasteiger partial charge in [-0.05, 0) is 53.1 Å². The van der Waals surface area contributed by atoms with Gasteiger partial charge in [0.15, 0.2) is 17.7 Å². The summed E-state index contributed by atoms with van der Waals surface area (Å²) >= 11 is 2.19. The Balaban J connectivity index is 1.49. The number of ether oxygens (including phenoxy) is 1. The van der Waals surface area contributed by atoms with Crippen LogP contribution < -0.4 is 11.5 Å². The highest BCUT2D eigenvalue weighted by Gasteiger charge is 2.50. The molecule has 0 aliphatic carbocycles. The number of halogens is 1. The minimum absolute atomic E-state index is 0.169. The minimum Gasteiger partial charge on any atom is -0.398 e. The Morgan fingerprint density at radius 2 is 2.10 bits per heavy atom. The molecule has 7 N–H and O–H groups in total. The van der Waals surface area contributed by atoms with E-state index >= 15 is 0 Å². The average Bonchev–Trinajstić information content (AvgIpc) is 3.25. The second-order valence-corrected chi connectivity index (χ2v) is 8.49. The van der Waals surface area contributed by atoms with Crippen LogP contribution in [0.3, 0.4) is 0 Å². The van der Waals surface area contributed by atoms with E-state index in [0.29, 0.717) is 24.4 Å². The van der Waals surface area contributed by atoms with Gasteiger partial charge in [0.25, 0.3) is 0 Å². The Hall–Kier alpha value is -1.64. The van der Waals surface area contributed by atoms with Crippen LogP contribution in [0, 0.1) is 3.57 Å². The number of nitrogens with two attached hydrogens (primary N) is 2. The average molecular weight is 514 g/mol.